The minimum Gasteiger partial charge on any atom is -0.478 e. The van der Waals surface area contributed by atoms with Crippen molar-refractivity contribution in [3.05, 3.63) is 72.4 Å². The van der Waals surface area contributed by atoms with Gasteiger partial charge in [0.1, 0.15) is 11.6 Å². The van der Waals surface area contributed by atoms with E-state index in [4.69, 9.17) is 9.47 Å². The van der Waals surface area contributed by atoms with Gasteiger partial charge >= 0.3 is 6.09 Å². The smallest absolute Gasteiger partial charge is 0.407 e. The molecule has 1 saturated carbocycles. The van der Waals surface area contributed by atoms with Crippen molar-refractivity contribution in [2.24, 2.45) is 11.8 Å². The van der Waals surface area contributed by atoms with Gasteiger partial charge in [-0.25, -0.2) is 9.78 Å². The number of hydrogen-bond acceptors (Lipinski definition) is 10. The molecule has 0 bridgehead atoms. The Morgan fingerprint density at radius 1 is 0.962 bits per heavy atom. The van der Waals surface area contributed by atoms with Crippen LogP contribution in [0.25, 0.3) is 22.5 Å². The van der Waals surface area contributed by atoms with Gasteiger partial charge in [-0.05, 0) is 120 Å². The van der Waals surface area contributed by atoms with E-state index in [-0.39, 0.29) is 30.1 Å². The molecule has 14 nitrogen and oxygen atoms in total. The van der Waals surface area contributed by atoms with Gasteiger partial charge in [-0.1, -0.05) is 24.3 Å². The number of rotatable bonds is 15. The molecule has 1 unspecified atom stereocenters. The van der Waals surface area contributed by atoms with Gasteiger partial charge in [0.05, 0.1) is 6.61 Å². The quantitative estimate of drug-likeness (QED) is 0.118. The van der Waals surface area contributed by atoms with E-state index in [0.717, 1.165) is 48.1 Å². The topological polar surface area (TPSA) is 176 Å². The summed E-state index contributed by atoms with van der Waals surface area (Å²) in [6.07, 6.45) is 5.43. The van der Waals surface area contributed by atoms with Crippen LogP contribution in [0, 0.1) is 11.8 Å². The first-order valence-corrected chi connectivity index (χ1v) is 18.2. The van der Waals surface area contributed by atoms with E-state index in [0.29, 0.717) is 43.4 Å². The summed E-state index contributed by atoms with van der Waals surface area (Å²) in [4.78, 5) is 46.3. The molecule has 0 aliphatic heterocycles. The van der Waals surface area contributed by atoms with Gasteiger partial charge in [-0.3, -0.25) is 9.59 Å². The molecule has 2 aromatic heterocycles. The Hall–Kier alpha value is -5.37. The summed E-state index contributed by atoms with van der Waals surface area (Å²) >= 11 is 0. The fourth-order valence-electron chi connectivity index (χ4n) is 6.19. The maximum Gasteiger partial charge on any atom is 0.407 e. The maximum absolute atomic E-state index is 13.8. The van der Waals surface area contributed by atoms with Crippen LogP contribution in [0.4, 0.5) is 10.5 Å². The van der Waals surface area contributed by atoms with Crippen LogP contribution in [-0.4, -0.2) is 93.9 Å². The van der Waals surface area contributed by atoms with E-state index in [9.17, 15) is 14.4 Å². The second-order valence-electron chi connectivity index (χ2n) is 14.8. The summed E-state index contributed by atoms with van der Waals surface area (Å²) in [7, 11) is 4.06. The Kier molecular flexibility index (Phi) is 13.5. The van der Waals surface area contributed by atoms with Crippen LogP contribution >= 0.6 is 0 Å². The standard InChI is InChI=1S/C39H51N9O5/c1-39(2,3)53-38(51)41-24-26-10-12-29(13-11-26)36(49)43-33(37(50)42-32-17-14-28(15-18-32)35-44-46-47-45-35)23-27-8-6-9-30(22-27)31-16-19-34(40-25-31)52-21-7-20-48(4)5/h6,8-9,14-19,22,25-26,29,33H,7,10-13,20-21,23-24H2,1-5H3,(H,41,51)(H,42,50)(H,43,49)(H,44,45,46,47). The fourth-order valence-corrected chi connectivity index (χ4v) is 6.19. The molecule has 0 saturated heterocycles. The van der Waals surface area contributed by atoms with Crippen molar-refractivity contribution < 1.29 is 23.9 Å². The number of tetrazole rings is 1. The number of anilines is 1. The molecule has 3 amide bonds. The molecule has 0 radical (unpaired) electrons. The maximum atomic E-state index is 13.8. The van der Waals surface area contributed by atoms with Gasteiger partial charge in [-0.15, -0.1) is 10.2 Å². The minimum absolute atomic E-state index is 0.155. The number of ether oxygens (including phenoxy) is 2. The number of pyridine rings is 1. The number of aromatic nitrogens is 5. The molecular weight excluding hydrogens is 674 g/mol. The molecule has 2 heterocycles. The zero-order valence-electron chi connectivity index (χ0n) is 31.2. The zero-order chi connectivity index (χ0) is 37.8. The van der Waals surface area contributed by atoms with Crippen molar-refractivity contribution >= 4 is 23.6 Å². The first-order valence-electron chi connectivity index (χ1n) is 18.2. The van der Waals surface area contributed by atoms with E-state index in [1.165, 1.54) is 0 Å². The number of H-pyrrole nitrogens is 1. The molecule has 1 aliphatic carbocycles. The first-order chi connectivity index (χ1) is 25.4. The summed E-state index contributed by atoms with van der Waals surface area (Å²) in [5.74, 6) is 0.546. The molecule has 1 fully saturated rings. The lowest BCUT2D eigenvalue weighted by Crippen LogP contribution is -2.48. The first kappa shape index (κ1) is 38.9. The van der Waals surface area contributed by atoms with Crippen molar-refractivity contribution in [1.82, 2.24) is 41.1 Å². The molecule has 4 N–H and O–H groups in total. The number of nitrogens with zero attached hydrogens (tertiary/aromatic N) is 5. The molecular formula is C39H51N9O5. The lowest BCUT2D eigenvalue weighted by atomic mass is 9.81. The molecule has 2 aromatic carbocycles. The van der Waals surface area contributed by atoms with Gasteiger partial charge in [0.25, 0.3) is 0 Å². The van der Waals surface area contributed by atoms with Crippen LogP contribution in [0.15, 0.2) is 66.9 Å². The van der Waals surface area contributed by atoms with Crippen LogP contribution < -0.4 is 20.7 Å². The van der Waals surface area contributed by atoms with E-state index < -0.39 is 17.7 Å². The van der Waals surface area contributed by atoms with E-state index >= 15 is 0 Å². The second kappa shape index (κ2) is 18.4. The van der Waals surface area contributed by atoms with Crippen molar-refractivity contribution in [3.63, 3.8) is 0 Å². The number of hydrogen-bond donors (Lipinski definition) is 4. The summed E-state index contributed by atoms with van der Waals surface area (Å²) in [5.41, 5.74) is 3.49. The highest BCUT2D eigenvalue weighted by Gasteiger charge is 2.30. The second-order valence-corrected chi connectivity index (χ2v) is 14.8. The number of aromatic amines is 1. The molecule has 53 heavy (non-hydrogen) atoms. The Balaban J connectivity index is 1.24. The van der Waals surface area contributed by atoms with Crippen LogP contribution in [0.5, 0.6) is 5.88 Å². The SMILES string of the molecule is CN(C)CCCOc1ccc(-c2cccc(CC(NC(=O)C3CCC(CNC(=O)OC(C)(C)C)CC3)C(=O)Nc3ccc(-c4nn[nH]n4)cc3)c2)cn1. The largest absolute Gasteiger partial charge is 0.478 e. The molecule has 4 aromatic rings. The minimum atomic E-state index is -0.836. The Morgan fingerprint density at radius 3 is 2.38 bits per heavy atom. The average Bonchev–Trinajstić information content (AvgIpc) is 3.68. The van der Waals surface area contributed by atoms with Crippen LogP contribution in [0.3, 0.4) is 0 Å². The number of benzene rings is 2. The van der Waals surface area contributed by atoms with Crippen molar-refractivity contribution in [2.75, 3.05) is 39.1 Å². The van der Waals surface area contributed by atoms with Crippen LogP contribution in [0.2, 0.25) is 0 Å². The molecule has 0 spiro atoms. The highest BCUT2D eigenvalue weighted by molar-refractivity contribution is 5.97. The molecule has 282 valence electrons. The van der Waals surface area contributed by atoms with E-state index in [1.54, 1.807) is 30.5 Å². The van der Waals surface area contributed by atoms with Gasteiger partial charge in [0.15, 0.2) is 0 Å². The lowest BCUT2D eigenvalue weighted by molar-refractivity contribution is -0.130. The molecule has 1 aliphatic rings. The summed E-state index contributed by atoms with van der Waals surface area (Å²) in [6, 6.07) is 18.0. The average molecular weight is 726 g/mol. The molecule has 1 atom stereocenters. The van der Waals surface area contributed by atoms with Crippen LogP contribution in [-0.2, 0) is 20.7 Å². The third kappa shape index (κ3) is 12.4. The normalized spacial score (nSPS) is 16.4. The van der Waals surface area contributed by atoms with Gasteiger partial charge < -0.3 is 30.3 Å². The number of carbonyl (C=O) groups is 3. The number of nitrogens with one attached hydrogen (secondary N) is 4. The number of amides is 3. The van der Waals surface area contributed by atoms with Crippen molar-refractivity contribution in [3.8, 4) is 28.4 Å². The monoisotopic (exact) mass is 725 g/mol. The third-order valence-corrected chi connectivity index (χ3v) is 8.98. The lowest BCUT2D eigenvalue weighted by Gasteiger charge is -2.29. The fraction of sp³-hybridized carbons (Fsp3) is 0.462. The van der Waals surface area contributed by atoms with E-state index in [1.807, 2.05) is 71.3 Å². The summed E-state index contributed by atoms with van der Waals surface area (Å²) in [5, 5.41) is 22.9. The van der Waals surface area contributed by atoms with Crippen LogP contribution in [0.1, 0.15) is 58.4 Å². The Bertz CT molecular complexity index is 1770. The predicted octanol–water partition coefficient (Wildman–Crippen LogP) is 5.26. The van der Waals surface area contributed by atoms with Gasteiger partial charge in [0, 0.05) is 54.5 Å². The van der Waals surface area contributed by atoms with E-state index in [2.05, 4.69) is 46.5 Å². The highest BCUT2D eigenvalue weighted by atomic mass is 16.6. The Labute approximate surface area is 310 Å². The number of carbonyl (C=O) groups excluding carboxylic acids is 3. The zero-order valence-corrected chi connectivity index (χ0v) is 31.2. The summed E-state index contributed by atoms with van der Waals surface area (Å²) in [6.45, 7) is 7.51. The summed E-state index contributed by atoms with van der Waals surface area (Å²) < 4.78 is 11.2. The third-order valence-electron chi connectivity index (χ3n) is 8.98. The number of alkyl carbamates (subject to hydrolysis) is 1. The molecule has 14 heteroatoms. The highest BCUT2D eigenvalue weighted by Crippen LogP contribution is 2.29. The van der Waals surface area contributed by atoms with Crippen molar-refractivity contribution in [1.29, 1.82) is 0 Å². The predicted molar refractivity (Wildman–Crippen MR) is 202 cm³/mol. The van der Waals surface area contributed by atoms with Crippen molar-refractivity contribution in [2.45, 2.75) is 70.9 Å². The molecule has 5 rings (SSSR count). The Morgan fingerprint density at radius 2 is 1.72 bits per heavy atom. The van der Waals surface area contributed by atoms with Gasteiger partial charge in [0.2, 0.25) is 23.5 Å². The van der Waals surface area contributed by atoms with Gasteiger partial charge in [-0.2, -0.15) is 5.21 Å².